The van der Waals surface area contributed by atoms with Crippen LogP contribution in [0.3, 0.4) is 0 Å². The average Bonchev–Trinajstić information content (AvgIpc) is 3.53. The zero-order chi connectivity index (χ0) is 39.0. The minimum Gasteiger partial charge on any atom is -0.481 e. The highest BCUT2D eigenvalue weighted by molar-refractivity contribution is 5.75. The lowest BCUT2D eigenvalue weighted by Crippen LogP contribution is -2.68. The van der Waals surface area contributed by atoms with E-state index in [-0.39, 0.29) is 46.3 Å². The zero-order valence-corrected chi connectivity index (χ0v) is 34.1. The number of pyridine rings is 1. The summed E-state index contributed by atoms with van der Waals surface area (Å²) in [5.41, 5.74) is 1.60. The Kier molecular flexibility index (Phi) is 10.0. The smallest absolute Gasteiger partial charge is 0.313 e. The summed E-state index contributed by atoms with van der Waals surface area (Å²) in [6.45, 7) is 17.3. The van der Waals surface area contributed by atoms with Gasteiger partial charge in [-0.05, 0) is 159 Å². The van der Waals surface area contributed by atoms with Crippen LogP contribution < -0.4 is 10.1 Å². The van der Waals surface area contributed by atoms with E-state index < -0.39 is 17.0 Å². The molecule has 0 aromatic carbocycles. The van der Waals surface area contributed by atoms with Crippen molar-refractivity contribution >= 4 is 5.97 Å². The Bertz CT molecular complexity index is 1730. The SMILES string of the molecule is CC[C@@H]1CC[C@]2(NC[C@@](C)(O)CO)CC[C@]3(C)[C@H](CC[C@@H]4[C@@]5(C)CC=C(C6=CC[C@](COc7ncccc7C#N)(C(=O)O)CC6)C(C)(C)[C@@H]5CC[C@]43C)[C@@H]12. The summed E-state index contributed by atoms with van der Waals surface area (Å²) in [4.78, 5) is 16.9. The summed E-state index contributed by atoms with van der Waals surface area (Å²) < 4.78 is 5.93. The number of carbonyl (C=O) groups is 1. The Balaban J connectivity index is 1.13. The van der Waals surface area contributed by atoms with E-state index in [2.05, 4.69) is 70.1 Å². The van der Waals surface area contributed by atoms with Crippen molar-refractivity contribution < 1.29 is 24.9 Å². The molecule has 0 radical (unpaired) electrons. The number of aliphatic hydroxyl groups is 2. The number of aromatic nitrogens is 1. The number of aliphatic hydroxyl groups excluding tert-OH is 1. The van der Waals surface area contributed by atoms with Crippen molar-refractivity contribution in [3.63, 3.8) is 0 Å². The van der Waals surface area contributed by atoms with Gasteiger partial charge in [0.05, 0.1) is 12.2 Å². The van der Waals surface area contributed by atoms with E-state index in [1.54, 1.807) is 25.3 Å². The number of carboxylic acids is 1. The number of ether oxygens (including phenoxy) is 1. The summed E-state index contributed by atoms with van der Waals surface area (Å²) in [6.07, 6.45) is 20.0. The third-order valence-corrected chi connectivity index (χ3v) is 17.6. The van der Waals surface area contributed by atoms with Gasteiger partial charge in [-0.25, -0.2) is 4.98 Å². The standard InChI is InChI=1S/C46H67N3O5/c1-8-30-15-22-46(49-27-41(4,53)28-50)24-23-43(6)34(37(30)46)11-12-36-42(5)18-16-33(40(2,3)35(42)17-19-44(36,43)7)31-13-20-45(21-14-31,39(51)52)29-54-38-32(26-47)10-9-25-48-38/h9-10,13,16,25,30,34-37,49-50,53H,8,11-12,14-15,17-24,27-29H2,1-7H3,(H,51,52)/t30-,34-,35+,36-,37-,41-,42+,43-,44-,45+,46+/m1/s1. The van der Waals surface area contributed by atoms with E-state index in [0.29, 0.717) is 61.0 Å². The molecular weight excluding hydrogens is 675 g/mol. The fraction of sp³-hybridized carbons (Fsp3) is 0.761. The van der Waals surface area contributed by atoms with E-state index in [1.807, 2.05) is 0 Å². The molecule has 54 heavy (non-hydrogen) atoms. The van der Waals surface area contributed by atoms with E-state index in [1.165, 1.54) is 62.5 Å². The molecule has 6 aliphatic rings. The third-order valence-electron chi connectivity index (χ3n) is 17.6. The van der Waals surface area contributed by atoms with Crippen molar-refractivity contribution in [2.75, 3.05) is 19.8 Å². The lowest BCUT2D eigenvalue weighted by atomic mass is 9.33. The first-order valence-electron chi connectivity index (χ1n) is 21.2. The monoisotopic (exact) mass is 742 g/mol. The van der Waals surface area contributed by atoms with Gasteiger partial charge in [0.25, 0.3) is 0 Å². The predicted molar refractivity (Wildman–Crippen MR) is 210 cm³/mol. The number of hydrogen-bond donors (Lipinski definition) is 4. The number of nitrogens with zero attached hydrogens (tertiary/aromatic N) is 2. The molecule has 0 bridgehead atoms. The largest absolute Gasteiger partial charge is 0.481 e. The Morgan fingerprint density at radius 1 is 1.02 bits per heavy atom. The van der Waals surface area contributed by atoms with Crippen LogP contribution in [0.5, 0.6) is 5.88 Å². The molecule has 1 aromatic heterocycles. The van der Waals surface area contributed by atoms with Gasteiger partial charge >= 0.3 is 5.97 Å². The van der Waals surface area contributed by atoms with E-state index >= 15 is 0 Å². The number of nitriles is 1. The first-order valence-corrected chi connectivity index (χ1v) is 21.2. The Labute approximate surface area is 324 Å². The molecule has 8 heteroatoms. The first-order chi connectivity index (χ1) is 25.5. The van der Waals surface area contributed by atoms with Crippen LogP contribution in [0.2, 0.25) is 0 Å². The van der Waals surface area contributed by atoms with Gasteiger partial charge in [0.15, 0.2) is 0 Å². The zero-order valence-electron chi connectivity index (χ0n) is 34.1. The molecule has 1 heterocycles. The molecule has 4 fully saturated rings. The summed E-state index contributed by atoms with van der Waals surface area (Å²) >= 11 is 0. The fourth-order valence-electron chi connectivity index (χ4n) is 14.4. The van der Waals surface area contributed by atoms with Gasteiger partial charge in [0.2, 0.25) is 5.88 Å². The predicted octanol–water partition coefficient (Wildman–Crippen LogP) is 8.63. The maximum absolute atomic E-state index is 12.7. The van der Waals surface area contributed by atoms with Crippen LogP contribution in [0.1, 0.15) is 138 Å². The highest BCUT2D eigenvalue weighted by Crippen LogP contribution is 2.76. The van der Waals surface area contributed by atoms with Crippen molar-refractivity contribution in [2.24, 2.45) is 56.7 Å². The minimum absolute atomic E-state index is 0.0124. The van der Waals surface area contributed by atoms with Crippen molar-refractivity contribution in [3.8, 4) is 11.9 Å². The van der Waals surface area contributed by atoms with Crippen LogP contribution in [0.4, 0.5) is 0 Å². The number of rotatable bonds is 10. The van der Waals surface area contributed by atoms with E-state index in [0.717, 1.165) is 12.8 Å². The van der Waals surface area contributed by atoms with Crippen LogP contribution in [-0.4, -0.2) is 57.2 Å². The number of β-amino-alcohol motifs (C(OH)–C–C–N with tert-alkyl or cyclic N) is 1. The Hall–Kier alpha value is -2.73. The van der Waals surface area contributed by atoms with Crippen LogP contribution in [0, 0.1) is 68.0 Å². The lowest BCUT2D eigenvalue weighted by molar-refractivity contribution is -0.222. The number of fused-ring (bicyclic) bond motifs is 7. The van der Waals surface area contributed by atoms with Gasteiger partial charge in [-0.3, -0.25) is 4.79 Å². The highest BCUT2D eigenvalue weighted by Gasteiger charge is 2.70. The maximum Gasteiger partial charge on any atom is 0.313 e. The van der Waals surface area contributed by atoms with Crippen LogP contribution >= 0.6 is 0 Å². The minimum atomic E-state index is -1.11. The quantitative estimate of drug-likeness (QED) is 0.187. The molecule has 0 unspecified atom stereocenters. The normalized spacial score (nSPS) is 42.1. The van der Waals surface area contributed by atoms with Gasteiger partial charge in [-0.15, -0.1) is 0 Å². The van der Waals surface area contributed by atoms with Crippen molar-refractivity contribution in [3.05, 3.63) is 47.2 Å². The van der Waals surface area contributed by atoms with Crippen LogP contribution in [-0.2, 0) is 4.79 Å². The molecule has 7 rings (SSSR count). The molecule has 4 N–H and O–H groups in total. The lowest BCUT2D eigenvalue weighted by Gasteiger charge is -2.72. The van der Waals surface area contributed by atoms with Crippen molar-refractivity contribution in [2.45, 2.75) is 143 Å². The molecule has 8 nitrogen and oxygen atoms in total. The number of aliphatic carboxylic acids is 1. The van der Waals surface area contributed by atoms with Gasteiger partial charge in [0, 0.05) is 18.3 Å². The third kappa shape index (κ3) is 5.92. The molecule has 0 amide bonds. The second kappa shape index (κ2) is 13.7. The average molecular weight is 742 g/mol. The topological polar surface area (TPSA) is 136 Å². The van der Waals surface area contributed by atoms with Gasteiger partial charge in [-0.1, -0.05) is 60.1 Å². The molecule has 0 spiro atoms. The molecule has 0 aliphatic heterocycles. The summed E-state index contributed by atoms with van der Waals surface area (Å²) in [5.74, 6) is 2.49. The van der Waals surface area contributed by atoms with E-state index in [9.17, 15) is 25.4 Å². The molecule has 1 aromatic rings. The Morgan fingerprint density at radius 3 is 2.46 bits per heavy atom. The molecule has 0 saturated heterocycles. The number of carboxylic acid groups (broad SMARTS) is 1. The molecule has 296 valence electrons. The van der Waals surface area contributed by atoms with Gasteiger partial charge in [-0.2, -0.15) is 5.26 Å². The van der Waals surface area contributed by atoms with Crippen molar-refractivity contribution in [1.82, 2.24) is 10.3 Å². The van der Waals surface area contributed by atoms with Gasteiger partial charge < -0.3 is 25.4 Å². The molecule has 11 atom stereocenters. The van der Waals surface area contributed by atoms with Crippen LogP contribution in [0.25, 0.3) is 0 Å². The Morgan fingerprint density at radius 2 is 1.80 bits per heavy atom. The number of nitrogens with one attached hydrogen (secondary N) is 1. The maximum atomic E-state index is 12.7. The molecular formula is C46H67N3O5. The summed E-state index contributed by atoms with van der Waals surface area (Å²) in [7, 11) is 0. The molecule has 4 saturated carbocycles. The van der Waals surface area contributed by atoms with Crippen LogP contribution in [0.15, 0.2) is 41.6 Å². The highest BCUT2D eigenvalue weighted by atomic mass is 16.5. The summed E-state index contributed by atoms with van der Waals surface area (Å²) in [6, 6.07) is 5.42. The second-order valence-corrected chi connectivity index (χ2v) is 20.4. The fourth-order valence-corrected chi connectivity index (χ4v) is 14.4. The second-order valence-electron chi connectivity index (χ2n) is 20.4. The molecule has 6 aliphatic carbocycles. The number of hydrogen-bond acceptors (Lipinski definition) is 7. The van der Waals surface area contributed by atoms with E-state index in [4.69, 9.17) is 4.74 Å². The number of allylic oxidation sites excluding steroid dienone is 4. The summed E-state index contributed by atoms with van der Waals surface area (Å²) in [5, 5.41) is 44.6. The first kappa shape index (κ1) is 39.5. The van der Waals surface area contributed by atoms with Crippen molar-refractivity contribution in [1.29, 1.82) is 5.26 Å². The van der Waals surface area contributed by atoms with Gasteiger partial charge in [0.1, 0.15) is 23.7 Å².